The minimum absolute atomic E-state index is 0.0437. The number of nitrogens with one attached hydrogen (secondary N) is 1. The summed E-state index contributed by atoms with van der Waals surface area (Å²) >= 11 is 0. The van der Waals surface area contributed by atoms with Gasteiger partial charge in [-0.1, -0.05) is 18.2 Å². The van der Waals surface area contributed by atoms with Crippen LogP contribution in [0.25, 0.3) is 10.9 Å². The van der Waals surface area contributed by atoms with Crippen molar-refractivity contribution in [2.45, 2.75) is 0 Å². The Morgan fingerprint density at radius 3 is 2.76 bits per heavy atom. The molecule has 1 aromatic heterocycles. The zero-order chi connectivity index (χ0) is 11.8. The van der Waals surface area contributed by atoms with Crippen LogP contribution in [0.3, 0.4) is 0 Å². The molecule has 17 heavy (non-hydrogen) atoms. The number of fused-ring (bicyclic) bond motifs is 1. The van der Waals surface area contributed by atoms with Crippen LogP contribution in [-0.2, 0) is 4.79 Å². The standard InChI is InChI=1S/C12H9N3O2/c16-10-7-14-12(17)15(10)9-5-1-3-8-4-2-6-13-11(8)9/h1-6H,7H2,(H,14,17). The maximum Gasteiger partial charge on any atom is 0.329 e. The summed E-state index contributed by atoms with van der Waals surface area (Å²) in [6.45, 7) is 0.0437. The highest BCUT2D eigenvalue weighted by atomic mass is 16.2. The normalized spacial score (nSPS) is 15.4. The number of urea groups is 1. The predicted molar refractivity (Wildman–Crippen MR) is 62.6 cm³/mol. The van der Waals surface area contributed by atoms with Crippen molar-refractivity contribution in [1.82, 2.24) is 10.3 Å². The molecule has 0 spiro atoms. The van der Waals surface area contributed by atoms with Gasteiger partial charge in [-0.05, 0) is 12.1 Å². The first kappa shape index (κ1) is 9.77. The molecule has 1 aliphatic heterocycles. The monoisotopic (exact) mass is 227 g/mol. The molecule has 0 unspecified atom stereocenters. The number of pyridine rings is 1. The molecule has 0 atom stereocenters. The summed E-state index contributed by atoms with van der Waals surface area (Å²) in [7, 11) is 0. The number of anilines is 1. The number of carbonyl (C=O) groups is 2. The minimum atomic E-state index is -0.395. The fourth-order valence-electron chi connectivity index (χ4n) is 1.93. The fourth-order valence-corrected chi connectivity index (χ4v) is 1.93. The zero-order valence-electron chi connectivity index (χ0n) is 8.88. The van der Waals surface area contributed by atoms with E-state index in [1.54, 1.807) is 18.3 Å². The average molecular weight is 227 g/mol. The Morgan fingerprint density at radius 2 is 2.00 bits per heavy atom. The van der Waals surface area contributed by atoms with Crippen molar-refractivity contribution in [2.24, 2.45) is 0 Å². The first-order chi connectivity index (χ1) is 8.27. The van der Waals surface area contributed by atoms with Crippen LogP contribution in [0, 0.1) is 0 Å². The third-order valence-corrected chi connectivity index (χ3v) is 2.70. The second-order valence-corrected chi connectivity index (χ2v) is 3.74. The van der Waals surface area contributed by atoms with Gasteiger partial charge in [-0.25, -0.2) is 9.69 Å². The van der Waals surface area contributed by atoms with E-state index in [1.807, 2.05) is 18.2 Å². The van der Waals surface area contributed by atoms with Crippen LogP contribution in [0.15, 0.2) is 36.5 Å². The molecular weight excluding hydrogens is 218 g/mol. The molecule has 84 valence electrons. The fraction of sp³-hybridized carbons (Fsp3) is 0.0833. The van der Waals surface area contributed by atoms with Gasteiger partial charge in [0.1, 0.15) is 0 Å². The molecule has 0 saturated carbocycles. The van der Waals surface area contributed by atoms with Gasteiger partial charge in [0.25, 0.3) is 5.91 Å². The van der Waals surface area contributed by atoms with E-state index in [-0.39, 0.29) is 12.5 Å². The number of nitrogens with zero attached hydrogens (tertiary/aromatic N) is 2. The van der Waals surface area contributed by atoms with E-state index in [2.05, 4.69) is 10.3 Å². The number of aromatic nitrogens is 1. The lowest BCUT2D eigenvalue weighted by molar-refractivity contribution is -0.115. The van der Waals surface area contributed by atoms with E-state index in [4.69, 9.17) is 0 Å². The van der Waals surface area contributed by atoms with Gasteiger partial charge in [-0.3, -0.25) is 9.78 Å². The summed E-state index contributed by atoms with van der Waals surface area (Å²) in [5.41, 5.74) is 1.18. The topological polar surface area (TPSA) is 62.3 Å². The molecule has 5 nitrogen and oxygen atoms in total. The molecular formula is C12H9N3O2. The van der Waals surface area contributed by atoms with Crippen molar-refractivity contribution in [3.8, 4) is 0 Å². The van der Waals surface area contributed by atoms with Gasteiger partial charge in [-0.15, -0.1) is 0 Å². The van der Waals surface area contributed by atoms with Crippen molar-refractivity contribution in [3.05, 3.63) is 36.5 Å². The highest BCUT2D eigenvalue weighted by Crippen LogP contribution is 2.26. The predicted octanol–water partition coefficient (Wildman–Crippen LogP) is 1.29. The lowest BCUT2D eigenvalue weighted by atomic mass is 10.2. The number of para-hydroxylation sites is 1. The number of hydrogen-bond donors (Lipinski definition) is 1. The van der Waals surface area contributed by atoms with Gasteiger partial charge in [0.15, 0.2) is 0 Å². The Balaban J connectivity index is 2.23. The Hall–Kier alpha value is -2.43. The molecule has 2 heterocycles. The molecule has 1 saturated heterocycles. The third kappa shape index (κ3) is 1.44. The van der Waals surface area contributed by atoms with Crippen LogP contribution in [0.4, 0.5) is 10.5 Å². The molecule has 0 bridgehead atoms. The number of benzene rings is 1. The molecule has 3 amide bonds. The Labute approximate surface area is 97.1 Å². The zero-order valence-corrected chi connectivity index (χ0v) is 8.88. The third-order valence-electron chi connectivity index (χ3n) is 2.70. The smallest absolute Gasteiger partial charge is 0.328 e. The molecule has 3 rings (SSSR count). The van der Waals surface area contributed by atoms with Crippen LogP contribution in [0.2, 0.25) is 0 Å². The van der Waals surface area contributed by atoms with Gasteiger partial charge in [0, 0.05) is 11.6 Å². The molecule has 1 fully saturated rings. The summed E-state index contributed by atoms with van der Waals surface area (Å²) < 4.78 is 0. The van der Waals surface area contributed by atoms with Gasteiger partial charge in [0.2, 0.25) is 0 Å². The largest absolute Gasteiger partial charge is 0.329 e. The second-order valence-electron chi connectivity index (χ2n) is 3.74. The van der Waals surface area contributed by atoms with Gasteiger partial charge < -0.3 is 5.32 Å². The summed E-state index contributed by atoms with van der Waals surface area (Å²) in [5, 5.41) is 3.39. The van der Waals surface area contributed by atoms with E-state index in [0.29, 0.717) is 11.2 Å². The van der Waals surface area contributed by atoms with Gasteiger partial charge in [0.05, 0.1) is 17.7 Å². The number of amides is 3. The van der Waals surface area contributed by atoms with E-state index < -0.39 is 6.03 Å². The Kier molecular flexibility index (Phi) is 2.04. The highest BCUT2D eigenvalue weighted by molar-refractivity contribution is 6.22. The molecule has 1 N–H and O–H groups in total. The Bertz CT molecular complexity index is 603. The molecule has 0 radical (unpaired) electrons. The summed E-state index contributed by atoms with van der Waals surface area (Å²) in [6.07, 6.45) is 1.64. The Morgan fingerprint density at radius 1 is 1.18 bits per heavy atom. The maximum absolute atomic E-state index is 11.6. The average Bonchev–Trinajstić information content (AvgIpc) is 2.69. The molecule has 1 aromatic carbocycles. The number of imide groups is 1. The van der Waals surface area contributed by atoms with E-state index >= 15 is 0 Å². The van der Waals surface area contributed by atoms with Crippen LogP contribution < -0.4 is 10.2 Å². The summed E-state index contributed by atoms with van der Waals surface area (Å²) in [5.74, 6) is -0.256. The van der Waals surface area contributed by atoms with E-state index in [0.717, 1.165) is 10.3 Å². The number of carbonyl (C=O) groups excluding carboxylic acids is 2. The SMILES string of the molecule is O=C1CNC(=O)N1c1cccc2cccnc12. The first-order valence-corrected chi connectivity index (χ1v) is 5.22. The summed E-state index contributed by atoms with van der Waals surface area (Å²) in [6, 6.07) is 8.73. The number of rotatable bonds is 1. The van der Waals surface area contributed by atoms with E-state index in [9.17, 15) is 9.59 Å². The molecule has 5 heteroatoms. The van der Waals surface area contributed by atoms with Crippen LogP contribution >= 0.6 is 0 Å². The minimum Gasteiger partial charge on any atom is -0.328 e. The molecule has 1 aliphatic rings. The molecule has 2 aromatic rings. The quantitative estimate of drug-likeness (QED) is 0.747. The van der Waals surface area contributed by atoms with Gasteiger partial charge in [-0.2, -0.15) is 0 Å². The lowest BCUT2D eigenvalue weighted by Crippen LogP contribution is -2.30. The van der Waals surface area contributed by atoms with Crippen molar-refractivity contribution in [3.63, 3.8) is 0 Å². The first-order valence-electron chi connectivity index (χ1n) is 5.22. The second kappa shape index (κ2) is 3.55. The van der Waals surface area contributed by atoms with Crippen molar-refractivity contribution in [2.75, 3.05) is 11.4 Å². The summed E-state index contributed by atoms with van der Waals surface area (Å²) in [4.78, 5) is 28.6. The highest BCUT2D eigenvalue weighted by Gasteiger charge is 2.31. The van der Waals surface area contributed by atoms with Crippen LogP contribution in [0.1, 0.15) is 0 Å². The van der Waals surface area contributed by atoms with Gasteiger partial charge >= 0.3 is 6.03 Å². The van der Waals surface area contributed by atoms with Crippen molar-refractivity contribution in [1.29, 1.82) is 0 Å². The van der Waals surface area contributed by atoms with Crippen LogP contribution in [-0.4, -0.2) is 23.5 Å². The number of hydrogen-bond acceptors (Lipinski definition) is 3. The van der Waals surface area contributed by atoms with E-state index in [1.165, 1.54) is 0 Å². The maximum atomic E-state index is 11.6. The lowest BCUT2D eigenvalue weighted by Gasteiger charge is -2.13. The van der Waals surface area contributed by atoms with Crippen molar-refractivity contribution < 1.29 is 9.59 Å². The molecule has 0 aliphatic carbocycles. The van der Waals surface area contributed by atoms with Crippen molar-refractivity contribution >= 4 is 28.5 Å². The van der Waals surface area contributed by atoms with Crippen LogP contribution in [0.5, 0.6) is 0 Å².